The number of hydrogen-bond acceptors (Lipinski definition) is 7. The first-order valence-electron chi connectivity index (χ1n) is 14.3. The van der Waals surface area contributed by atoms with Gasteiger partial charge in [0.1, 0.15) is 17.9 Å². The number of nitriles is 2. The second kappa shape index (κ2) is 10.6. The zero-order chi connectivity index (χ0) is 28.7. The number of likely N-dealkylation sites (tertiary alicyclic amines) is 1. The molecule has 0 amide bonds. The molecule has 208 valence electrons. The van der Waals surface area contributed by atoms with Gasteiger partial charge in [0.15, 0.2) is 11.6 Å². The summed E-state index contributed by atoms with van der Waals surface area (Å²) in [6, 6.07) is 22.4. The topological polar surface area (TPSA) is 89.1 Å². The lowest BCUT2D eigenvalue weighted by Crippen LogP contribution is -2.72. The first-order chi connectivity index (χ1) is 20.5. The van der Waals surface area contributed by atoms with E-state index in [1.807, 2.05) is 36.4 Å². The molecule has 3 heterocycles. The fraction of sp³-hybridized carbons (Fsp3) is 0.294. The second-order valence-electron chi connectivity index (χ2n) is 11.8. The van der Waals surface area contributed by atoms with Gasteiger partial charge < -0.3 is 14.5 Å². The zero-order valence-corrected chi connectivity index (χ0v) is 23.1. The first-order valence-corrected chi connectivity index (χ1v) is 14.3. The maximum absolute atomic E-state index is 14.5. The minimum absolute atomic E-state index is 0.259. The zero-order valence-electron chi connectivity index (χ0n) is 23.1. The Morgan fingerprint density at radius 2 is 1.64 bits per heavy atom. The van der Waals surface area contributed by atoms with Crippen molar-refractivity contribution in [1.29, 1.82) is 10.5 Å². The third-order valence-electron chi connectivity index (χ3n) is 8.58. The maximum atomic E-state index is 14.5. The molecule has 1 aliphatic carbocycles. The van der Waals surface area contributed by atoms with E-state index in [1.165, 1.54) is 24.0 Å². The predicted octanol–water partition coefficient (Wildman–Crippen LogP) is 6.06. The average Bonchev–Trinajstić information content (AvgIpc) is 3.83. The van der Waals surface area contributed by atoms with Gasteiger partial charge in [0, 0.05) is 43.7 Å². The van der Waals surface area contributed by atoms with E-state index in [-0.39, 0.29) is 11.2 Å². The molecule has 2 saturated heterocycles. The fourth-order valence-electron chi connectivity index (χ4n) is 6.36. The van der Waals surface area contributed by atoms with E-state index in [9.17, 15) is 9.65 Å². The molecule has 0 atom stereocenters. The smallest absolute Gasteiger partial charge is 0.188 e. The van der Waals surface area contributed by atoms with Crippen LogP contribution in [0.25, 0.3) is 11.1 Å². The summed E-state index contributed by atoms with van der Waals surface area (Å²) in [5, 5.41) is 18.4. The quantitative estimate of drug-likeness (QED) is 0.261. The van der Waals surface area contributed by atoms with Crippen LogP contribution in [0.1, 0.15) is 41.0 Å². The third-order valence-corrected chi connectivity index (χ3v) is 8.58. The molecule has 1 aromatic heterocycles. The summed E-state index contributed by atoms with van der Waals surface area (Å²) in [5.41, 5.74) is 5.42. The molecule has 0 unspecified atom stereocenters. The molecule has 0 bridgehead atoms. The second-order valence-corrected chi connectivity index (χ2v) is 11.8. The molecular formula is C34H29FN6O. The van der Waals surface area contributed by atoms with Crippen molar-refractivity contribution >= 4 is 5.82 Å². The molecule has 0 radical (unpaired) electrons. The number of benzene rings is 3. The van der Waals surface area contributed by atoms with Gasteiger partial charge in [-0.15, -0.1) is 0 Å². The highest BCUT2D eigenvalue weighted by molar-refractivity contribution is 5.76. The standard InChI is InChI=1S/C34H29FN6O/c35-27-8-10-31(30(14-27)28-9-5-25(16-37)13-29(28)26-6-7-26)42-32-17-38-22-39-33(32)41-20-34(21-41)18-40(19-34)12-11-23-1-3-24(15-36)4-2-23/h1-5,8-10,13-14,17,22,26H,6-7,11-12,18-21H2. The van der Waals surface area contributed by atoms with E-state index in [2.05, 4.69) is 31.9 Å². The molecule has 3 aromatic carbocycles. The number of hydrogen-bond donors (Lipinski definition) is 0. The summed E-state index contributed by atoms with van der Waals surface area (Å²) in [6.07, 6.45) is 6.30. The van der Waals surface area contributed by atoms with Crippen molar-refractivity contribution in [3.05, 3.63) is 101 Å². The van der Waals surface area contributed by atoms with Gasteiger partial charge in [0.2, 0.25) is 0 Å². The van der Waals surface area contributed by atoms with E-state index >= 15 is 0 Å². The van der Waals surface area contributed by atoms with Gasteiger partial charge in [-0.25, -0.2) is 14.4 Å². The lowest BCUT2D eigenvalue weighted by molar-refractivity contribution is -0.0211. The summed E-state index contributed by atoms with van der Waals surface area (Å²) in [5.74, 6) is 1.85. The Morgan fingerprint density at radius 3 is 2.38 bits per heavy atom. The molecule has 42 heavy (non-hydrogen) atoms. The summed E-state index contributed by atoms with van der Waals surface area (Å²) in [4.78, 5) is 13.5. The molecule has 7 nitrogen and oxygen atoms in total. The number of ether oxygens (including phenoxy) is 1. The Bertz CT molecular complexity index is 1720. The van der Waals surface area contributed by atoms with Gasteiger partial charge >= 0.3 is 0 Å². The number of nitrogens with zero attached hydrogens (tertiary/aromatic N) is 6. The molecule has 3 aliphatic rings. The first kappa shape index (κ1) is 26.1. The van der Waals surface area contributed by atoms with E-state index < -0.39 is 0 Å². The summed E-state index contributed by atoms with van der Waals surface area (Å²) in [6.45, 7) is 4.88. The van der Waals surface area contributed by atoms with Gasteiger partial charge in [-0.3, -0.25) is 0 Å². The van der Waals surface area contributed by atoms with E-state index in [4.69, 9.17) is 10.00 Å². The van der Waals surface area contributed by atoms with Crippen LogP contribution in [0.5, 0.6) is 11.5 Å². The molecule has 1 spiro atoms. The van der Waals surface area contributed by atoms with E-state index in [0.29, 0.717) is 34.1 Å². The third kappa shape index (κ3) is 5.06. The van der Waals surface area contributed by atoms with Crippen molar-refractivity contribution in [2.45, 2.75) is 25.2 Å². The predicted molar refractivity (Wildman–Crippen MR) is 157 cm³/mol. The highest BCUT2D eigenvalue weighted by Crippen LogP contribution is 2.48. The Labute approximate surface area is 244 Å². The maximum Gasteiger partial charge on any atom is 0.188 e. The molecule has 4 aromatic rings. The molecule has 3 fully saturated rings. The van der Waals surface area contributed by atoms with Crippen LogP contribution in [0, 0.1) is 33.9 Å². The van der Waals surface area contributed by atoms with Crippen LogP contribution in [0.2, 0.25) is 0 Å². The molecule has 7 rings (SSSR count). The number of halogens is 1. The lowest BCUT2D eigenvalue weighted by atomic mass is 9.72. The van der Waals surface area contributed by atoms with Crippen molar-refractivity contribution in [2.75, 3.05) is 37.6 Å². The number of aromatic nitrogens is 2. The lowest BCUT2D eigenvalue weighted by Gasteiger charge is -2.60. The normalized spacial score (nSPS) is 17.2. The number of rotatable bonds is 8. The molecule has 2 aliphatic heterocycles. The largest absolute Gasteiger partial charge is 0.451 e. The van der Waals surface area contributed by atoms with Crippen LogP contribution in [0.4, 0.5) is 10.2 Å². The van der Waals surface area contributed by atoms with Crippen LogP contribution in [-0.2, 0) is 6.42 Å². The van der Waals surface area contributed by atoms with Gasteiger partial charge in [-0.05, 0) is 84.3 Å². The Kier molecular flexibility index (Phi) is 6.57. The van der Waals surface area contributed by atoms with Crippen molar-refractivity contribution in [2.24, 2.45) is 5.41 Å². The van der Waals surface area contributed by atoms with Gasteiger partial charge in [0.05, 0.1) is 29.5 Å². The van der Waals surface area contributed by atoms with Crippen molar-refractivity contribution in [3.63, 3.8) is 0 Å². The Hall–Kier alpha value is -4.79. The summed E-state index contributed by atoms with van der Waals surface area (Å²) in [7, 11) is 0. The van der Waals surface area contributed by atoms with E-state index in [1.54, 1.807) is 18.3 Å². The molecule has 0 N–H and O–H groups in total. The van der Waals surface area contributed by atoms with Crippen LogP contribution in [0.3, 0.4) is 0 Å². The highest BCUT2D eigenvalue weighted by Gasteiger charge is 2.52. The van der Waals surface area contributed by atoms with E-state index in [0.717, 1.165) is 68.9 Å². The van der Waals surface area contributed by atoms with Crippen molar-refractivity contribution < 1.29 is 9.13 Å². The summed E-state index contributed by atoms with van der Waals surface area (Å²) < 4.78 is 21.0. The minimum Gasteiger partial charge on any atom is -0.451 e. The molecule has 8 heteroatoms. The highest BCUT2D eigenvalue weighted by atomic mass is 19.1. The average molecular weight is 557 g/mol. The van der Waals surface area contributed by atoms with Crippen LogP contribution in [-0.4, -0.2) is 47.6 Å². The van der Waals surface area contributed by atoms with Crippen molar-refractivity contribution in [3.8, 4) is 34.8 Å². The minimum atomic E-state index is -0.341. The Balaban J connectivity index is 1.04. The van der Waals surface area contributed by atoms with Gasteiger partial charge in [0.25, 0.3) is 0 Å². The fourth-order valence-corrected chi connectivity index (χ4v) is 6.36. The Morgan fingerprint density at radius 1 is 0.881 bits per heavy atom. The van der Waals surface area contributed by atoms with Crippen LogP contribution >= 0.6 is 0 Å². The van der Waals surface area contributed by atoms with Gasteiger partial charge in [-0.2, -0.15) is 10.5 Å². The van der Waals surface area contributed by atoms with Gasteiger partial charge in [-0.1, -0.05) is 18.2 Å². The summed E-state index contributed by atoms with van der Waals surface area (Å²) >= 11 is 0. The monoisotopic (exact) mass is 556 g/mol. The van der Waals surface area contributed by atoms with Crippen molar-refractivity contribution in [1.82, 2.24) is 14.9 Å². The van der Waals surface area contributed by atoms with Crippen LogP contribution < -0.4 is 9.64 Å². The molecular weight excluding hydrogens is 527 g/mol. The SMILES string of the molecule is N#Cc1ccc(CCN2CC3(C2)CN(c2ncncc2Oc2ccc(F)cc2-c2ccc(C#N)cc2C2CC2)C3)cc1. The molecule has 1 saturated carbocycles. The van der Waals surface area contributed by atoms with Crippen LogP contribution in [0.15, 0.2) is 73.2 Å². The number of anilines is 1.